The van der Waals surface area contributed by atoms with Crippen LogP contribution in [0.5, 0.6) is 5.75 Å². The van der Waals surface area contributed by atoms with Gasteiger partial charge in [-0.1, -0.05) is 29.3 Å². The van der Waals surface area contributed by atoms with Gasteiger partial charge in [0.1, 0.15) is 17.0 Å². The highest BCUT2D eigenvalue weighted by Gasteiger charge is 2.06. The predicted molar refractivity (Wildman–Crippen MR) is 100 cm³/mol. The fourth-order valence-corrected chi connectivity index (χ4v) is 2.68. The van der Waals surface area contributed by atoms with Crippen LogP contribution in [0, 0.1) is 0 Å². The second kappa shape index (κ2) is 7.53. The summed E-state index contributed by atoms with van der Waals surface area (Å²) >= 11 is 3.42. The number of ether oxygens (including phenoxy) is 1. The van der Waals surface area contributed by atoms with Crippen LogP contribution >= 0.6 is 15.9 Å². The third-order valence-corrected chi connectivity index (χ3v) is 4.09. The van der Waals surface area contributed by atoms with Crippen LogP contribution in [0.3, 0.4) is 0 Å². The van der Waals surface area contributed by atoms with E-state index in [1.54, 1.807) is 12.1 Å². The number of rotatable bonds is 6. The summed E-state index contributed by atoms with van der Waals surface area (Å²) in [5.41, 5.74) is 1.38. The standard InChI is InChI=1S/C19H18BrNO3/c1-2-3-10-23-16-7-5-15(6-8-16)21-17-12-13-11-14(20)4-9-18(13)24-19(17)22/h4-9,11-12,21H,2-3,10H2,1H3. The molecule has 24 heavy (non-hydrogen) atoms. The molecule has 1 N–H and O–H groups in total. The minimum atomic E-state index is -0.395. The molecule has 1 aromatic heterocycles. The molecule has 0 atom stereocenters. The van der Waals surface area contributed by atoms with Gasteiger partial charge in [0.05, 0.1) is 6.61 Å². The number of unbranched alkanes of at least 4 members (excludes halogenated alkanes) is 1. The number of hydrogen-bond acceptors (Lipinski definition) is 4. The summed E-state index contributed by atoms with van der Waals surface area (Å²) in [4.78, 5) is 12.1. The summed E-state index contributed by atoms with van der Waals surface area (Å²) in [5.74, 6) is 0.823. The number of benzene rings is 2. The van der Waals surface area contributed by atoms with Crippen LogP contribution in [-0.2, 0) is 0 Å². The lowest BCUT2D eigenvalue weighted by Crippen LogP contribution is -2.06. The zero-order chi connectivity index (χ0) is 16.9. The van der Waals surface area contributed by atoms with E-state index in [9.17, 15) is 4.79 Å². The first-order chi connectivity index (χ1) is 11.7. The number of hydrogen-bond donors (Lipinski definition) is 1. The molecule has 3 rings (SSSR count). The van der Waals surface area contributed by atoms with E-state index in [4.69, 9.17) is 9.15 Å². The highest BCUT2D eigenvalue weighted by atomic mass is 79.9. The van der Waals surface area contributed by atoms with Crippen molar-refractivity contribution in [3.8, 4) is 5.75 Å². The summed E-state index contributed by atoms with van der Waals surface area (Å²) in [6.45, 7) is 2.84. The van der Waals surface area contributed by atoms with Gasteiger partial charge in [0, 0.05) is 15.5 Å². The molecule has 0 aliphatic rings. The summed E-state index contributed by atoms with van der Waals surface area (Å²) in [5, 5.41) is 3.95. The topological polar surface area (TPSA) is 51.5 Å². The quantitative estimate of drug-likeness (QED) is 0.449. The molecule has 5 heteroatoms. The second-order valence-corrected chi connectivity index (χ2v) is 6.40. The Bertz CT molecular complexity index is 887. The molecule has 0 amide bonds. The molecule has 4 nitrogen and oxygen atoms in total. The van der Waals surface area contributed by atoms with Crippen LogP contribution in [0.15, 0.2) is 62.2 Å². The summed E-state index contributed by atoms with van der Waals surface area (Å²) in [6, 6.07) is 14.8. The van der Waals surface area contributed by atoms with Gasteiger partial charge >= 0.3 is 5.63 Å². The van der Waals surface area contributed by atoms with Crippen molar-refractivity contribution in [3.05, 3.63) is 63.4 Å². The fourth-order valence-electron chi connectivity index (χ4n) is 2.31. The van der Waals surface area contributed by atoms with Crippen LogP contribution < -0.4 is 15.7 Å². The SMILES string of the molecule is CCCCOc1ccc(Nc2cc3cc(Br)ccc3oc2=O)cc1. The Balaban J connectivity index is 1.79. The highest BCUT2D eigenvalue weighted by Crippen LogP contribution is 2.23. The van der Waals surface area contributed by atoms with Crippen molar-refractivity contribution in [2.75, 3.05) is 11.9 Å². The first kappa shape index (κ1) is 16.6. The average molecular weight is 388 g/mol. The molecule has 0 bridgehead atoms. The molecule has 0 aliphatic carbocycles. The maximum atomic E-state index is 12.1. The number of nitrogens with one attached hydrogen (secondary N) is 1. The van der Waals surface area contributed by atoms with E-state index < -0.39 is 5.63 Å². The van der Waals surface area contributed by atoms with Crippen molar-refractivity contribution in [2.24, 2.45) is 0 Å². The van der Waals surface area contributed by atoms with Crippen molar-refractivity contribution in [2.45, 2.75) is 19.8 Å². The van der Waals surface area contributed by atoms with E-state index in [-0.39, 0.29) is 0 Å². The molecule has 1 heterocycles. The van der Waals surface area contributed by atoms with Gasteiger partial charge < -0.3 is 14.5 Å². The zero-order valence-electron chi connectivity index (χ0n) is 13.3. The molecule has 2 aromatic carbocycles. The molecule has 124 valence electrons. The molecule has 0 saturated heterocycles. The van der Waals surface area contributed by atoms with Gasteiger partial charge in [-0.25, -0.2) is 4.79 Å². The third kappa shape index (κ3) is 3.97. The third-order valence-electron chi connectivity index (χ3n) is 3.59. The van der Waals surface area contributed by atoms with Gasteiger partial charge in [0.25, 0.3) is 0 Å². The summed E-state index contributed by atoms with van der Waals surface area (Å²) in [6.07, 6.45) is 2.14. The van der Waals surface area contributed by atoms with Crippen molar-refractivity contribution in [1.82, 2.24) is 0 Å². The lowest BCUT2D eigenvalue weighted by molar-refractivity contribution is 0.309. The first-order valence-corrected chi connectivity index (χ1v) is 8.68. The van der Waals surface area contributed by atoms with Gasteiger partial charge in [-0.15, -0.1) is 0 Å². The van der Waals surface area contributed by atoms with Crippen LogP contribution in [0.25, 0.3) is 11.0 Å². The Morgan fingerprint density at radius 1 is 1.12 bits per heavy atom. The van der Waals surface area contributed by atoms with Crippen molar-refractivity contribution in [1.29, 1.82) is 0 Å². The molecule has 0 radical (unpaired) electrons. The van der Waals surface area contributed by atoms with Crippen molar-refractivity contribution in [3.63, 3.8) is 0 Å². The lowest BCUT2D eigenvalue weighted by Gasteiger charge is -2.08. The van der Waals surface area contributed by atoms with Gasteiger partial charge in [0.2, 0.25) is 0 Å². The minimum Gasteiger partial charge on any atom is -0.494 e. The Labute approximate surface area is 148 Å². The predicted octanol–water partition coefficient (Wildman–Crippen LogP) is 5.48. The largest absolute Gasteiger partial charge is 0.494 e. The van der Waals surface area contributed by atoms with Crippen molar-refractivity contribution >= 4 is 38.3 Å². The zero-order valence-corrected chi connectivity index (χ0v) is 14.9. The van der Waals surface area contributed by atoms with Gasteiger partial charge in [-0.3, -0.25) is 0 Å². The normalized spacial score (nSPS) is 10.8. The van der Waals surface area contributed by atoms with Crippen LogP contribution in [0.2, 0.25) is 0 Å². The molecule has 0 saturated carbocycles. The molecule has 3 aromatic rings. The van der Waals surface area contributed by atoms with E-state index in [1.165, 1.54) is 0 Å². The van der Waals surface area contributed by atoms with Gasteiger partial charge in [-0.2, -0.15) is 0 Å². The van der Waals surface area contributed by atoms with Crippen LogP contribution in [0.1, 0.15) is 19.8 Å². The Morgan fingerprint density at radius 3 is 2.67 bits per heavy atom. The molecular formula is C19H18BrNO3. The molecular weight excluding hydrogens is 370 g/mol. The maximum absolute atomic E-state index is 12.1. The van der Waals surface area contributed by atoms with E-state index in [2.05, 4.69) is 28.2 Å². The van der Waals surface area contributed by atoms with E-state index in [0.29, 0.717) is 17.9 Å². The first-order valence-electron chi connectivity index (χ1n) is 7.89. The lowest BCUT2D eigenvalue weighted by atomic mass is 10.2. The average Bonchev–Trinajstić information content (AvgIpc) is 2.58. The van der Waals surface area contributed by atoms with Crippen molar-refractivity contribution < 1.29 is 9.15 Å². The van der Waals surface area contributed by atoms with Gasteiger partial charge in [0.15, 0.2) is 0 Å². The van der Waals surface area contributed by atoms with Gasteiger partial charge in [-0.05, 0) is 55.0 Å². The Morgan fingerprint density at radius 2 is 1.92 bits per heavy atom. The van der Waals surface area contributed by atoms with Crippen LogP contribution in [0.4, 0.5) is 11.4 Å². The number of anilines is 2. The Kier molecular flexibility index (Phi) is 5.20. The number of halogens is 1. The second-order valence-electron chi connectivity index (χ2n) is 5.48. The van der Waals surface area contributed by atoms with E-state index in [0.717, 1.165) is 34.1 Å². The van der Waals surface area contributed by atoms with E-state index >= 15 is 0 Å². The molecule has 0 unspecified atom stereocenters. The smallest absolute Gasteiger partial charge is 0.360 e. The monoisotopic (exact) mass is 387 g/mol. The van der Waals surface area contributed by atoms with Crippen LogP contribution in [-0.4, -0.2) is 6.61 Å². The summed E-state index contributed by atoms with van der Waals surface area (Å²) < 4.78 is 11.9. The van der Waals surface area contributed by atoms with E-state index in [1.807, 2.05) is 36.4 Å². The minimum absolute atomic E-state index is 0.395. The maximum Gasteiger partial charge on any atom is 0.360 e. The number of fused-ring (bicyclic) bond motifs is 1. The molecule has 0 spiro atoms. The molecule has 0 fully saturated rings. The fraction of sp³-hybridized carbons (Fsp3) is 0.211. The Hall–Kier alpha value is -2.27. The highest BCUT2D eigenvalue weighted by molar-refractivity contribution is 9.10. The molecule has 0 aliphatic heterocycles. The summed E-state index contributed by atoms with van der Waals surface area (Å²) in [7, 11) is 0.